The fourth-order valence-corrected chi connectivity index (χ4v) is 3.56. The molecule has 1 atom stereocenters. The minimum atomic E-state index is -0.131. The molecule has 1 aliphatic rings. The number of nitrogens with one attached hydrogen (secondary N) is 1. The molecule has 0 fully saturated rings. The van der Waals surface area contributed by atoms with Crippen molar-refractivity contribution in [3.63, 3.8) is 0 Å². The number of rotatable bonds is 5. The predicted molar refractivity (Wildman–Crippen MR) is 111 cm³/mol. The van der Waals surface area contributed by atoms with E-state index in [-0.39, 0.29) is 12.0 Å². The normalized spacial score (nSPS) is 14.7. The molecule has 148 valence electrons. The molecular weight excluding hydrogens is 378 g/mol. The van der Waals surface area contributed by atoms with E-state index in [1.54, 1.807) is 41.5 Å². The molecule has 1 N–H and O–H groups in total. The summed E-state index contributed by atoms with van der Waals surface area (Å²) in [6.45, 7) is 0.420. The van der Waals surface area contributed by atoms with Crippen molar-refractivity contribution in [2.24, 2.45) is 0 Å². The van der Waals surface area contributed by atoms with E-state index in [9.17, 15) is 4.79 Å². The average molecular weight is 397 g/mol. The summed E-state index contributed by atoms with van der Waals surface area (Å²) >= 11 is 0. The Balaban J connectivity index is 1.23. The van der Waals surface area contributed by atoms with E-state index in [2.05, 4.69) is 20.4 Å². The lowest BCUT2D eigenvalue weighted by Crippen LogP contribution is -2.34. The minimum Gasteiger partial charge on any atom is -0.487 e. The third kappa shape index (κ3) is 3.53. The number of aromatic nitrogens is 4. The fraction of sp³-hybridized carbons (Fsp3) is 0.130. The fourth-order valence-electron chi connectivity index (χ4n) is 3.56. The second kappa shape index (κ2) is 7.79. The minimum absolute atomic E-state index is 0.128. The first-order valence-corrected chi connectivity index (χ1v) is 9.72. The van der Waals surface area contributed by atoms with Gasteiger partial charge in [0.1, 0.15) is 11.9 Å². The van der Waals surface area contributed by atoms with Gasteiger partial charge >= 0.3 is 0 Å². The van der Waals surface area contributed by atoms with Crippen molar-refractivity contribution in [3.05, 3.63) is 90.5 Å². The number of nitrogens with zero attached hydrogens (tertiary/aromatic N) is 4. The molecule has 1 aliphatic heterocycles. The molecule has 0 unspecified atom stereocenters. The highest BCUT2D eigenvalue weighted by atomic mass is 16.5. The van der Waals surface area contributed by atoms with E-state index >= 15 is 0 Å². The third-order valence-corrected chi connectivity index (χ3v) is 5.02. The van der Waals surface area contributed by atoms with E-state index in [4.69, 9.17) is 4.74 Å². The number of carbonyl (C=O) groups excluding carboxylic acids is 1. The monoisotopic (exact) mass is 397 g/mol. The number of amides is 1. The molecule has 5 rings (SSSR count). The van der Waals surface area contributed by atoms with Crippen molar-refractivity contribution < 1.29 is 9.53 Å². The second-order valence-corrected chi connectivity index (χ2v) is 7.02. The smallest absolute Gasteiger partial charge is 0.251 e. The van der Waals surface area contributed by atoms with Gasteiger partial charge in [-0.1, -0.05) is 12.1 Å². The standard InChI is InChI=1S/C23H19N5O2/c29-23(16-6-8-18(9-7-16)28-13-3-12-27-28)26-15-19-14-17-4-1-5-20(21(17)30-19)22-24-10-2-11-25-22/h1-13,19H,14-15H2,(H,26,29)/t19-/m1/s1. The first-order chi connectivity index (χ1) is 14.8. The van der Waals surface area contributed by atoms with Crippen LogP contribution in [-0.4, -0.2) is 38.3 Å². The summed E-state index contributed by atoms with van der Waals surface area (Å²) in [5.74, 6) is 1.30. The predicted octanol–water partition coefficient (Wildman–Crippen LogP) is 3.06. The highest BCUT2D eigenvalue weighted by Crippen LogP contribution is 2.37. The van der Waals surface area contributed by atoms with Gasteiger partial charge < -0.3 is 10.1 Å². The number of para-hydroxylation sites is 1. The average Bonchev–Trinajstić information content (AvgIpc) is 3.48. The molecule has 0 saturated heterocycles. The summed E-state index contributed by atoms with van der Waals surface area (Å²) in [5.41, 5.74) is 3.47. The maximum Gasteiger partial charge on any atom is 0.251 e. The summed E-state index contributed by atoms with van der Waals surface area (Å²) in [4.78, 5) is 21.2. The lowest BCUT2D eigenvalue weighted by atomic mass is 10.1. The van der Waals surface area contributed by atoms with E-state index in [1.807, 2.05) is 42.6 Å². The number of carbonyl (C=O) groups is 1. The lowest BCUT2D eigenvalue weighted by molar-refractivity contribution is 0.0933. The van der Waals surface area contributed by atoms with Gasteiger partial charge in [-0.2, -0.15) is 5.10 Å². The quantitative estimate of drug-likeness (QED) is 0.560. The molecule has 4 aromatic rings. The molecule has 3 heterocycles. The Morgan fingerprint density at radius 2 is 1.87 bits per heavy atom. The van der Waals surface area contributed by atoms with Gasteiger partial charge in [0, 0.05) is 36.8 Å². The van der Waals surface area contributed by atoms with Gasteiger partial charge in [0.15, 0.2) is 5.82 Å². The number of hydrogen-bond acceptors (Lipinski definition) is 5. The number of ether oxygens (including phenoxy) is 1. The van der Waals surface area contributed by atoms with Crippen LogP contribution in [0, 0.1) is 0 Å². The molecule has 2 aromatic heterocycles. The summed E-state index contributed by atoms with van der Waals surface area (Å²) in [6, 6.07) is 16.9. The van der Waals surface area contributed by atoms with E-state index in [0.717, 1.165) is 29.0 Å². The van der Waals surface area contributed by atoms with Gasteiger partial charge in [-0.3, -0.25) is 4.79 Å². The largest absolute Gasteiger partial charge is 0.487 e. The number of benzene rings is 2. The van der Waals surface area contributed by atoms with Crippen molar-refractivity contribution in [2.45, 2.75) is 12.5 Å². The molecule has 0 spiro atoms. The zero-order valence-corrected chi connectivity index (χ0v) is 16.1. The van der Waals surface area contributed by atoms with Gasteiger partial charge in [0.25, 0.3) is 5.91 Å². The van der Waals surface area contributed by atoms with Crippen molar-refractivity contribution in [3.8, 4) is 22.8 Å². The second-order valence-electron chi connectivity index (χ2n) is 7.02. The highest BCUT2D eigenvalue weighted by molar-refractivity contribution is 5.94. The van der Waals surface area contributed by atoms with Crippen LogP contribution in [0.25, 0.3) is 17.1 Å². The van der Waals surface area contributed by atoms with Crippen LogP contribution in [0.3, 0.4) is 0 Å². The Labute approximate surface area is 173 Å². The Morgan fingerprint density at radius 1 is 1.03 bits per heavy atom. The van der Waals surface area contributed by atoms with Gasteiger partial charge in [-0.05, 0) is 48.0 Å². The first-order valence-electron chi connectivity index (χ1n) is 9.72. The third-order valence-electron chi connectivity index (χ3n) is 5.02. The van der Waals surface area contributed by atoms with Crippen LogP contribution < -0.4 is 10.1 Å². The van der Waals surface area contributed by atoms with Crippen molar-refractivity contribution in [1.82, 2.24) is 25.1 Å². The molecule has 7 nitrogen and oxygen atoms in total. The molecule has 0 saturated carbocycles. The van der Waals surface area contributed by atoms with Gasteiger partial charge in [0.2, 0.25) is 0 Å². The van der Waals surface area contributed by atoms with Crippen molar-refractivity contribution >= 4 is 5.91 Å². The van der Waals surface area contributed by atoms with Crippen molar-refractivity contribution in [2.75, 3.05) is 6.54 Å². The topological polar surface area (TPSA) is 81.9 Å². The number of fused-ring (bicyclic) bond motifs is 1. The Bertz CT molecular complexity index is 1160. The summed E-state index contributed by atoms with van der Waals surface area (Å²) in [7, 11) is 0. The van der Waals surface area contributed by atoms with Crippen LogP contribution in [0.4, 0.5) is 0 Å². The van der Waals surface area contributed by atoms with E-state index in [1.165, 1.54) is 0 Å². The van der Waals surface area contributed by atoms with Crippen LogP contribution in [0.2, 0.25) is 0 Å². The molecule has 1 amide bonds. The van der Waals surface area contributed by atoms with Gasteiger partial charge in [-0.25, -0.2) is 14.6 Å². The van der Waals surface area contributed by atoms with Gasteiger partial charge in [-0.15, -0.1) is 0 Å². The molecule has 0 bridgehead atoms. The van der Waals surface area contributed by atoms with E-state index in [0.29, 0.717) is 17.9 Å². The number of hydrogen-bond donors (Lipinski definition) is 1. The summed E-state index contributed by atoms with van der Waals surface area (Å²) in [6.07, 6.45) is 7.61. The first kappa shape index (κ1) is 18.1. The molecular formula is C23H19N5O2. The van der Waals surface area contributed by atoms with Crippen LogP contribution in [0.1, 0.15) is 15.9 Å². The zero-order chi connectivity index (χ0) is 20.3. The van der Waals surface area contributed by atoms with Crippen LogP contribution >= 0.6 is 0 Å². The Kier molecular flexibility index (Phi) is 4.69. The van der Waals surface area contributed by atoms with Crippen molar-refractivity contribution in [1.29, 1.82) is 0 Å². The summed E-state index contributed by atoms with van der Waals surface area (Å²) in [5, 5.41) is 7.16. The molecule has 0 radical (unpaired) electrons. The van der Waals surface area contributed by atoms with Crippen LogP contribution in [-0.2, 0) is 6.42 Å². The van der Waals surface area contributed by atoms with Gasteiger partial charge in [0.05, 0.1) is 17.8 Å². The van der Waals surface area contributed by atoms with Crippen LogP contribution in [0.15, 0.2) is 79.4 Å². The molecule has 2 aromatic carbocycles. The van der Waals surface area contributed by atoms with Crippen LogP contribution in [0.5, 0.6) is 5.75 Å². The maximum atomic E-state index is 12.6. The molecule has 30 heavy (non-hydrogen) atoms. The van der Waals surface area contributed by atoms with E-state index < -0.39 is 0 Å². The maximum absolute atomic E-state index is 12.6. The lowest BCUT2D eigenvalue weighted by Gasteiger charge is -2.13. The molecule has 0 aliphatic carbocycles. The molecule has 7 heteroatoms. The Hall–Kier alpha value is -4.00. The highest BCUT2D eigenvalue weighted by Gasteiger charge is 2.26. The Morgan fingerprint density at radius 3 is 2.63 bits per heavy atom. The SMILES string of the molecule is O=C(NC[C@H]1Cc2cccc(-c3ncccn3)c2O1)c1ccc(-n2cccn2)cc1. The summed E-state index contributed by atoms with van der Waals surface area (Å²) < 4.78 is 7.89. The zero-order valence-electron chi connectivity index (χ0n) is 16.1.